The molecule has 136 valence electrons. The van der Waals surface area contributed by atoms with E-state index in [0.717, 1.165) is 11.1 Å². The predicted octanol–water partition coefficient (Wildman–Crippen LogP) is 3.33. The second-order valence-electron chi connectivity index (χ2n) is 7.09. The standard InChI is InChI=1S/C19H27N3O3/c1-14-21-18(25-22-14)10-6-9-17(23)20-12-15-7-5-8-16(11-15)13-24-19(2,3)4/h5,7-8,11H,6,9-10,12-13H2,1-4H3,(H,20,23). The minimum absolute atomic E-state index is 0.0209. The number of nitrogens with one attached hydrogen (secondary N) is 1. The molecule has 25 heavy (non-hydrogen) atoms. The van der Waals surface area contributed by atoms with Crippen molar-refractivity contribution in [2.24, 2.45) is 0 Å². The second kappa shape index (κ2) is 8.76. The molecule has 0 spiro atoms. The molecule has 0 fully saturated rings. The third-order valence-corrected chi connectivity index (χ3v) is 3.52. The van der Waals surface area contributed by atoms with Gasteiger partial charge in [0.25, 0.3) is 0 Å². The van der Waals surface area contributed by atoms with E-state index in [2.05, 4.69) is 21.5 Å². The maximum Gasteiger partial charge on any atom is 0.226 e. The van der Waals surface area contributed by atoms with Gasteiger partial charge in [0, 0.05) is 19.4 Å². The Hall–Kier alpha value is -2.21. The zero-order chi connectivity index (χ0) is 18.3. The number of amides is 1. The molecule has 2 rings (SSSR count). The molecule has 1 aromatic heterocycles. The van der Waals surface area contributed by atoms with Gasteiger partial charge in [-0.2, -0.15) is 4.98 Å². The first-order valence-electron chi connectivity index (χ1n) is 8.59. The number of hydrogen-bond acceptors (Lipinski definition) is 5. The Morgan fingerprint density at radius 1 is 1.28 bits per heavy atom. The molecule has 1 heterocycles. The van der Waals surface area contributed by atoms with Gasteiger partial charge in [-0.15, -0.1) is 0 Å². The lowest BCUT2D eigenvalue weighted by Crippen LogP contribution is -2.22. The molecule has 0 saturated carbocycles. The van der Waals surface area contributed by atoms with Crippen LogP contribution in [0.1, 0.15) is 56.5 Å². The molecule has 6 nitrogen and oxygen atoms in total. The van der Waals surface area contributed by atoms with Crippen molar-refractivity contribution in [3.05, 3.63) is 47.1 Å². The molecule has 0 unspecified atom stereocenters. The Morgan fingerprint density at radius 3 is 2.72 bits per heavy atom. The van der Waals surface area contributed by atoms with E-state index in [1.54, 1.807) is 6.92 Å². The van der Waals surface area contributed by atoms with Gasteiger partial charge in [-0.1, -0.05) is 29.4 Å². The smallest absolute Gasteiger partial charge is 0.226 e. The molecule has 0 aliphatic heterocycles. The summed E-state index contributed by atoms with van der Waals surface area (Å²) >= 11 is 0. The number of carbonyl (C=O) groups is 1. The van der Waals surface area contributed by atoms with E-state index in [1.807, 2.05) is 39.0 Å². The van der Waals surface area contributed by atoms with Crippen molar-refractivity contribution in [3.8, 4) is 0 Å². The molecule has 1 N–H and O–H groups in total. The average molecular weight is 345 g/mol. The van der Waals surface area contributed by atoms with Gasteiger partial charge in [0.2, 0.25) is 11.8 Å². The maximum absolute atomic E-state index is 12.0. The molecule has 0 aliphatic rings. The quantitative estimate of drug-likeness (QED) is 0.794. The third-order valence-electron chi connectivity index (χ3n) is 3.52. The Balaban J connectivity index is 1.71. The first kappa shape index (κ1) is 19.1. The van der Waals surface area contributed by atoms with Crippen molar-refractivity contribution in [2.75, 3.05) is 0 Å². The van der Waals surface area contributed by atoms with Crippen molar-refractivity contribution in [2.45, 2.75) is 65.7 Å². The van der Waals surface area contributed by atoms with Crippen LogP contribution < -0.4 is 5.32 Å². The van der Waals surface area contributed by atoms with Gasteiger partial charge in [-0.05, 0) is 45.2 Å². The fourth-order valence-electron chi connectivity index (χ4n) is 2.26. The van der Waals surface area contributed by atoms with Crippen molar-refractivity contribution < 1.29 is 14.1 Å². The summed E-state index contributed by atoms with van der Waals surface area (Å²) in [6, 6.07) is 8.08. The molecular formula is C19H27N3O3. The highest BCUT2D eigenvalue weighted by Crippen LogP contribution is 2.13. The van der Waals surface area contributed by atoms with E-state index in [0.29, 0.717) is 44.1 Å². The van der Waals surface area contributed by atoms with E-state index in [-0.39, 0.29) is 11.5 Å². The van der Waals surface area contributed by atoms with Crippen LogP contribution in [-0.4, -0.2) is 21.6 Å². The van der Waals surface area contributed by atoms with E-state index in [9.17, 15) is 4.79 Å². The molecular weight excluding hydrogens is 318 g/mol. The highest BCUT2D eigenvalue weighted by Gasteiger charge is 2.10. The van der Waals surface area contributed by atoms with Crippen molar-refractivity contribution in [3.63, 3.8) is 0 Å². The zero-order valence-corrected chi connectivity index (χ0v) is 15.5. The fraction of sp³-hybridized carbons (Fsp3) is 0.526. The SMILES string of the molecule is Cc1noc(CCCC(=O)NCc2cccc(COC(C)(C)C)c2)n1. The van der Waals surface area contributed by atoms with Gasteiger partial charge in [-0.3, -0.25) is 4.79 Å². The summed E-state index contributed by atoms with van der Waals surface area (Å²) < 4.78 is 10.8. The van der Waals surface area contributed by atoms with Crippen LogP contribution in [0.5, 0.6) is 0 Å². The van der Waals surface area contributed by atoms with Gasteiger partial charge in [-0.25, -0.2) is 0 Å². The van der Waals surface area contributed by atoms with Crippen LogP contribution >= 0.6 is 0 Å². The first-order valence-corrected chi connectivity index (χ1v) is 8.59. The van der Waals surface area contributed by atoms with Crippen molar-refractivity contribution in [1.82, 2.24) is 15.5 Å². The maximum atomic E-state index is 12.0. The molecule has 0 saturated heterocycles. The van der Waals surface area contributed by atoms with Crippen LogP contribution in [0.4, 0.5) is 0 Å². The Labute approximate surface area is 149 Å². The summed E-state index contributed by atoms with van der Waals surface area (Å²) in [6.07, 6.45) is 1.75. The van der Waals surface area contributed by atoms with E-state index in [1.165, 1.54) is 0 Å². The number of benzene rings is 1. The molecule has 6 heteroatoms. The molecule has 1 amide bonds. The van der Waals surface area contributed by atoms with E-state index in [4.69, 9.17) is 9.26 Å². The number of carbonyl (C=O) groups excluding carboxylic acids is 1. The molecule has 0 radical (unpaired) electrons. The number of ether oxygens (including phenoxy) is 1. The summed E-state index contributed by atoms with van der Waals surface area (Å²) in [5.74, 6) is 1.22. The summed E-state index contributed by atoms with van der Waals surface area (Å²) in [5, 5.41) is 6.68. The Morgan fingerprint density at radius 2 is 2.04 bits per heavy atom. The van der Waals surface area contributed by atoms with Crippen molar-refractivity contribution >= 4 is 5.91 Å². The lowest BCUT2D eigenvalue weighted by molar-refractivity contribution is -0.121. The van der Waals surface area contributed by atoms with Crippen LogP contribution in [0.15, 0.2) is 28.8 Å². The number of rotatable bonds is 8. The number of hydrogen-bond donors (Lipinski definition) is 1. The largest absolute Gasteiger partial charge is 0.371 e. The normalized spacial score (nSPS) is 11.5. The van der Waals surface area contributed by atoms with Gasteiger partial charge in [0.15, 0.2) is 5.82 Å². The molecule has 0 atom stereocenters. The van der Waals surface area contributed by atoms with Gasteiger partial charge >= 0.3 is 0 Å². The van der Waals surface area contributed by atoms with Crippen LogP contribution in [-0.2, 0) is 29.1 Å². The Kier molecular flexibility index (Phi) is 6.70. The lowest BCUT2D eigenvalue weighted by Gasteiger charge is -2.19. The minimum atomic E-state index is -0.166. The predicted molar refractivity (Wildman–Crippen MR) is 94.8 cm³/mol. The number of nitrogens with zero attached hydrogens (tertiary/aromatic N) is 2. The minimum Gasteiger partial charge on any atom is -0.371 e. The van der Waals surface area contributed by atoms with Crippen LogP contribution in [0.3, 0.4) is 0 Å². The molecule has 1 aromatic carbocycles. The molecule has 2 aromatic rings. The number of aryl methyl sites for hydroxylation is 2. The lowest BCUT2D eigenvalue weighted by atomic mass is 10.1. The zero-order valence-electron chi connectivity index (χ0n) is 15.5. The topological polar surface area (TPSA) is 77.2 Å². The third kappa shape index (κ3) is 7.47. The Bertz CT molecular complexity index is 689. The van der Waals surface area contributed by atoms with Crippen LogP contribution in [0, 0.1) is 6.92 Å². The summed E-state index contributed by atoms with van der Waals surface area (Å²) in [5.41, 5.74) is 2.01. The highest BCUT2D eigenvalue weighted by atomic mass is 16.5. The summed E-state index contributed by atoms with van der Waals surface area (Å²) in [6.45, 7) is 8.96. The molecule has 0 bridgehead atoms. The molecule has 0 aliphatic carbocycles. The first-order chi connectivity index (χ1) is 11.8. The second-order valence-corrected chi connectivity index (χ2v) is 7.09. The summed E-state index contributed by atoms with van der Waals surface area (Å²) in [4.78, 5) is 16.1. The van der Waals surface area contributed by atoms with Crippen LogP contribution in [0.2, 0.25) is 0 Å². The summed E-state index contributed by atoms with van der Waals surface area (Å²) in [7, 11) is 0. The van der Waals surface area contributed by atoms with E-state index >= 15 is 0 Å². The van der Waals surface area contributed by atoms with E-state index < -0.39 is 0 Å². The van der Waals surface area contributed by atoms with Crippen molar-refractivity contribution in [1.29, 1.82) is 0 Å². The fourth-order valence-corrected chi connectivity index (χ4v) is 2.26. The average Bonchev–Trinajstić information content (AvgIpc) is 2.96. The number of aromatic nitrogens is 2. The van der Waals surface area contributed by atoms with Gasteiger partial charge < -0.3 is 14.6 Å². The monoisotopic (exact) mass is 345 g/mol. The highest BCUT2D eigenvalue weighted by molar-refractivity contribution is 5.75. The van der Waals surface area contributed by atoms with Crippen LogP contribution in [0.25, 0.3) is 0 Å². The van der Waals surface area contributed by atoms with Gasteiger partial charge in [0.05, 0.1) is 12.2 Å². The van der Waals surface area contributed by atoms with Gasteiger partial charge in [0.1, 0.15) is 0 Å².